The minimum Gasteiger partial charge on any atom is -0.345 e. The number of hydrogen-bond acceptors (Lipinski definition) is 3. The first kappa shape index (κ1) is 20.1. The highest BCUT2D eigenvalue weighted by atomic mass is 16.2. The minimum atomic E-state index is -0.509. The molecule has 1 aliphatic heterocycles. The average Bonchev–Trinajstić information content (AvgIpc) is 2.71. The van der Waals surface area contributed by atoms with Gasteiger partial charge in [0.25, 0.3) is 0 Å². The number of amides is 2. The molecule has 0 radical (unpaired) electrons. The third kappa shape index (κ3) is 5.20. The molecule has 148 valence electrons. The molecule has 0 atom stereocenters. The van der Waals surface area contributed by atoms with Crippen LogP contribution in [0.25, 0.3) is 0 Å². The first-order chi connectivity index (χ1) is 13.6. The van der Waals surface area contributed by atoms with E-state index in [1.807, 2.05) is 44.2 Å². The zero-order valence-electron chi connectivity index (χ0n) is 16.7. The molecule has 1 heterocycles. The Morgan fingerprint density at radius 3 is 2.43 bits per heavy atom. The number of benzene rings is 2. The lowest BCUT2D eigenvalue weighted by Crippen LogP contribution is -2.50. The fourth-order valence-electron chi connectivity index (χ4n) is 3.69. The fraction of sp³-hybridized carbons (Fsp3) is 0.391. The fourth-order valence-corrected chi connectivity index (χ4v) is 3.69. The summed E-state index contributed by atoms with van der Waals surface area (Å²) in [7, 11) is 0. The number of anilines is 1. The van der Waals surface area contributed by atoms with Crippen LogP contribution in [0.4, 0.5) is 5.69 Å². The van der Waals surface area contributed by atoms with Crippen LogP contribution in [-0.2, 0) is 16.1 Å². The van der Waals surface area contributed by atoms with E-state index in [2.05, 4.69) is 34.5 Å². The average molecular weight is 380 g/mol. The van der Waals surface area contributed by atoms with Crippen molar-refractivity contribution in [3.05, 3.63) is 65.7 Å². The third-order valence-electron chi connectivity index (χ3n) is 5.24. The number of carbonyl (C=O) groups is 2. The molecule has 5 nitrogen and oxygen atoms in total. The highest BCUT2D eigenvalue weighted by Gasteiger charge is 2.26. The number of rotatable bonds is 5. The molecule has 0 aliphatic carbocycles. The van der Waals surface area contributed by atoms with Gasteiger partial charge in [0.05, 0.1) is 0 Å². The molecular weight excluding hydrogens is 350 g/mol. The number of aryl methyl sites for hydroxylation is 1. The number of nitrogens with one attached hydrogen (secondary N) is 1. The molecule has 2 aromatic carbocycles. The molecule has 28 heavy (non-hydrogen) atoms. The maximum absolute atomic E-state index is 12.7. The monoisotopic (exact) mass is 379 g/mol. The van der Waals surface area contributed by atoms with Crippen molar-refractivity contribution in [2.75, 3.05) is 24.5 Å². The van der Waals surface area contributed by atoms with Gasteiger partial charge < -0.3 is 10.2 Å². The second-order valence-corrected chi connectivity index (χ2v) is 7.40. The summed E-state index contributed by atoms with van der Waals surface area (Å²) in [6.07, 6.45) is 1.73. The first-order valence-corrected chi connectivity index (χ1v) is 10.0. The predicted octanol–water partition coefficient (Wildman–Crippen LogP) is 3.13. The number of likely N-dealkylation sites (tertiary alicyclic amines) is 1. The van der Waals surface area contributed by atoms with Crippen molar-refractivity contribution in [3.8, 4) is 0 Å². The molecular formula is C23H29N3O2. The molecule has 0 spiro atoms. The van der Waals surface area contributed by atoms with Crippen LogP contribution < -0.4 is 10.2 Å². The summed E-state index contributed by atoms with van der Waals surface area (Å²) in [6.45, 7) is 7.09. The maximum Gasteiger partial charge on any atom is 0.316 e. The summed E-state index contributed by atoms with van der Waals surface area (Å²) in [5.41, 5.74) is 3.13. The predicted molar refractivity (Wildman–Crippen MR) is 112 cm³/mol. The van der Waals surface area contributed by atoms with E-state index >= 15 is 0 Å². The van der Waals surface area contributed by atoms with Crippen LogP contribution in [0, 0.1) is 6.92 Å². The van der Waals surface area contributed by atoms with Crippen molar-refractivity contribution in [2.45, 2.75) is 39.3 Å². The first-order valence-electron chi connectivity index (χ1n) is 10.0. The topological polar surface area (TPSA) is 52.7 Å². The number of hydrogen-bond donors (Lipinski definition) is 1. The lowest BCUT2D eigenvalue weighted by Gasteiger charge is -2.32. The standard InChI is InChI=1S/C23H29N3O2/c1-3-26(21-11-7-8-18(2)16-21)23(28)22(27)24-20-12-14-25(15-13-20)17-19-9-5-4-6-10-19/h4-11,16,20H,3,12-15,17H2,1-2H3,(H,24,27). The van der Waals surface area contributed by atoms with Crippen molar-refractivity contribution >= 4 is 17.5 Å². The molecule has 2 amide bonds. The number of piperidine rings is 1. The lowest BCUT2D eigenvalue weighted by molar-refractivity contribution is -0.138. The summed E-state index contributed by atoms with van der Waals surface area (Å²) in [5.74, 6) is -0.996. The van der Waals surface area contributed by atoms with Gasteiger partial charge in [-0.1, -0.05) is 42.5 Å². The van der Waals surface area contributed by atoms with Gasteiger partial charge in [0.15, 0.2) is 0 Å². The maximum atomic E-state index is 12.7. The molecule has 1 aliphatic rings. The van der Waals surface area contributed by atoms with E-state index in [9.17, 15) is 9.59 Å². The Morgan fingerprint density at radius 1 is 1.07 bits per heavy atom. The van der Waals surface area contributed by atoms with E-state index in [1.54, 1.807) is 0 Å². The van der Waals surface area contributed by atoms with E-state index in [4.69, 9.17) is 0 Å². The third-order valence-corrected chi connectivity index (χ3v) is 5.24. The molecule has 0 bridgehead atoms. The smallest absolute Gasteiger partial charge is 0.316 e. The van der Waals surface area contributed by atoms with Crippen LogP contribution in [-0.4, -0.2) is 42.4 Å². The minimum absolute atomic E-state index is 0.0553. The van der Waals surface area contributed by atoms with Gasteiger partial charge in [-0.15, -0.1) is 0 Å². The molecule has 2 aromatic rings. The Kier molecular flexibility index (Phi) is 6.82. The van der Waals surface area contributed by atoms with E-state index in [-0.39, 0.29) is 6.04 Å². The van der Waals surface area contributed by atoms with Gasteiger partial charge in [0.2, 0.25) is 0 Å². The lowest BCUT2D eigenvalue weighted by atomic mass is 10.0. The molecule has 0 unspecified atom stereocenters. The SMILES string of the molecule is CCN(C(=O)C(=O)NC1CCN(Cc2ccccc2)CC1)c1cccc(C)c1. The second kappa shape index (κ2) is 9.51. The van der Waals surface area contributed by atoms with Crippen molar-refractivity contribution in [1.29, 1.82) is 0 Å². The van der Waals surface area contributed by atoms with Crippen LogP contribution in [0.1, 0.15) is 30.9 Å². The van der Waals surface area contributed by atoms with Crippen LogP contribution in [0.15, 0.2) is 54.6 Å². The summed E-state index contributed by atoms with van der Waals surface area (Å²) in [4.78, 5) is 29.1. The summed E-state index contributed by atoms with van der Waals surface area (Å²) >= 11 is 0. The van der Waals surface area contributed by atoms with Crippen LogP contribution >= 0.6 is 0 Å². The van der Waals surface area contributed by atoms with Crippen molar-refractivity contribution in [2.24, 2.45) is 0 Å². The van der Waals surface area contributed by atoms with E-state index < -0.39 is 11.8 Å². The highest BCUT2D eigenvalue weighted by Crippen LogP contribution is 2.17. The normalized spacial score (nSPS) is 15.2. The van der Waals surface area contributed by atoms with Gasteiger partial charge in [-0.2, -0.15) is 0 Å². The Labute approximate surface area is 167 Å². The molecule has 0 saturated carbocycles. The summed E-state index contributed by atoms with van der Waals surface area (Å²) in [6, 6.07) is 18.1. The van der Waals surface area contributed by atoms with Crippen molar-refractivity contribution in [1.82, 2.24) is 10.2 Å². The van der Waals surface area contributed by atoms with Gasteiger partial charge in [-0.25, -0.2) is 0 Å². The molecule has 1 N–H and O–H groups in total. The molecule has 1 fully saturated rings. The van der Waals surface area contributed by atoms with Crippen molar-refractivity contribution < 1.29 is 9.59 Å². The van der Waals surface area contributed by atoms with Gasteiger partial charge >= 0.3 is 11.8 Å². The largest absolute Gasteiger partial charge is 0.345 e. The van der Waals surface area contributed by atoms with Gasteiger partial charge in [-0.05, 0) is 49.9 Å². The van der Waals surface area contributed by atoms with E-state index in [1.165, 1.54) is 10.5 Å². The van der Waals surface area contributed by atoms with Crippen molar-refractivity contribution in [3.63, 3.8) is 0 Å². The van der Waals surface area contributed by atoms with Gasteiger partial charge in [-0.3, -0.25) is 14.5 Å². The van der Waals surface area contributed by atoms with Gasteiger partial charge in [0, 0.05) is 37.9 Å². The second-order valence-electron chi connectivity index (χ2n) is 7.40. The van der Waals surface area contributed by atoms with Crippen LogP contribution in [0.2, 0.25) is 0 Å². The summed E-state index contributed by atoms with van der Waals surface area (Å²) < 4.78 is 0. The van der Waals surface area contributed by atoms with E-state index in [0.717, 1.165) is 43.7 Å². The number of likely N-dealkylation sites (N-methyl/N-ethyl adjacent to an activating group) is 1. The highest BCUT2D eigenvalue weighted by molar-refractivity contribution is 6.40. The van der Waals surface area contributed by atoms with Gasteiger partial charge in [0.1, 0.15) is 0 Å². The Bertz CT molecular complexity index is 799. The number of nitrogens with zero attached hydrogens (tertiary/aromatic N) is 2. The summed E-state index contributed by atoms with van der Waals surface area (Å²) in [5, 5.41) is 2.95. The molecule has 3 rings (SSSR count). The van der Waals surface area contributed by atoms with Crippen LogP contribution in [0.5, 0.6) is 0 Å². The molecule has 1 saturated heterocycles. The zero-order valence-corrected chi connectivity index (χ0v) is 16.7. The molecule has 0 aromatic heterocycles. The Morgan fingerprint density at radius 2 is 1.79 bits per heavy atom. The Balaban J connectivity index is 1.51. The van der Waals surface area contributed by atoms with Crippen LogP contribution in [0.3, 0.4) is 0 Å². The zero-order chi connectivity index (χ0) is 19.9. The quantitative estimate of drug-likeness (QED) is 0.812. The molecule has 5 heteroatoms. The van der Waals surface area contributed by atoms with E-state index in [0.29, 0.717) is 6.54 Å². The number of carbonyl (C=O) groups excluding carboxylic acids is 2. The Hall–Kier alpha value is -2.66.